The lowest BCUT2D eigenvalue weighted by Crippen LogP contribution is -2.53. The lowest BCUT2D eigenvalue weighted by Gasteiger charge is -2.32. The number of unbranched alkanes of at least 4 members (excludes halogenated alkanes) is 1. The monoisotopic (exact) mass is 860 g/mol. The molecule has 2 aliphatic rings. The van der Waals surface area contributed by atoms with Crippen LogP contribution in [0.5, 0.6) is 0 Å². The highest BCUT2D eigenvalue weighted by Crippen LogP contribution is 2.31. The average Bonchev–Trinajstić information content (AvgIpc) is 3.50. The second-order valence-electron chi connectivity index (χ2n) is 14.5. The third-order valence-corrected chi connectivity index (χ3v) is 9.67. The first kappa shape index (κ1) is 48.4. The number of carbonyl (C=O) groups excluding carboxylic acids is 8. The second-order valence-corrected chi connectivity index (χ2v) is 14.5. The number of nitrogens with zero attached hydrogens (tertiary/aromatic N) is 5. The molecule has 1 saturated heterocycles. The Hall–Kier alpha value is -6.94. The van der Waals surface area contributed by atoms with Crippen molar-refractivity contribution in [3.63, 3.8) is 0 Å². The molecular formula is C38H48N6O17. The summed E-state index contributed by atoms with van der Waals surface area (Å²) >= 11 is 0. The van der Waals surface area contributed by atoms with E-state index in [2.05, 4.69) is 5.32 Å². The summed E-state index contributed by atoms with van der Waals surface area (Å²) in [6.45, 7) is -5.54. The molecule has 7 amide bonds. The van der Waals surface area contributed by atoms with E-state index in [0.717, 1.165) is 10.5 Å². The Labute approximate surface area is 348 Å². The smallest absolute Gasteiger partial charge is 0.336 e. The molecule has 0 spiro atoms. The molecule has 1 aromatic rings. The Bertz CT molecular complexity index is 1880. The summed E-state index contributed by atoms with van der Waals surface area (Å²) in [4.78, 5) is 156. The molecule has 3 rings (SSSR count). The molecule has 0 atom stereocenters. The number of nitrogens with one attached hydrogen (secondary N) is 1. The van der Waals surface area contributed by atoms with Gasteiger partial charge in [-0.05, 0) is 57.6 Å². The van der Waals surface area contributed by atoms with Gasteiger partial charge in [-0.1, -0.05) is 17.7 Å². The van der Waals surface area contributed by atoms with Crippen molar-refractivity contribution in [1.82, 2.24) is 30.0 Å². The number of carboxylic acids is 4. The molecular weight excluding hydrogens is 812 g/mol. The summed E-state index contributed by atoms with van der Waals surface area (Å²) in [7, 11) is 0. The van der Waals surface area contributed by atoms with Gasteiger partial charge in [0.1, 0.15) is 45.8 Å². The first-order chi connectivity index (χ1) is 28.7. The SMILES string of the molecule is Cc1cccc(C(=O)NCCCCN(CC(=O)O)C(=O)CN(CC(=O)O)C(=O)CN(CC(=O)O)C(=O)CN(CC(=O)O)C(=O)C2CCC(C(=O)ON3C(=O)CCC3=O)CC2)c1. The fourth-order valence-corrected chi connectivity index (χ4v) is 6.59. The van der Waals surface area contributed by atoms with Crippen LogP contribution in [0.2, 0.25) is 0 Å². The third kappa shape index (κ3) is 15.6. The number of carboxylic acid groups (broad SMARTS) is 4. The maximum absolute atomic E-state index is 13.5. The van der Waals surface area contributed by atoms with Crippen molar-refractivity contribution in [1.29, 1.82) is 0 Å². The second kappa shape index (κ2) is 23.0. The van der Waals surface area contributed by atoms with Crippen LogP contribution < -0.4 is 5.32 Å². The molecule has 23 heteroatoms. The Kier molecular flexibility index (Phi) is 18.3. The zero-order valence-electron chi connectivity index (χ0n) is 33.3. The number of aryl methyl sites for hydroxylation is 1. The van der Waals surface area contributed by atoms with Gasteiger partial charge in [-0.3, -0.25) is 52.7 Å². The summed E-state index contributed by atoms with van der Waals surface area (Å²) in [5.74, 6) is -14.9. The number of hydroxylamine groups is 2. The maximum atomic E-state index is 13.5. The quantitative estimate of drug-likeness (QED) is 0.0622. The predicted octanol–water partition coefficient (Wildman–Crippen LogP) is -1.43. The highest BCUT2D eigenvalue weighted by molar-refractivity contribution is 6.01. The van der Waals surface area contributed by atoms with Gasteiger partial charge >= 0.3 is 29.8 Å². The van der Waals surface area contributed by atoms with Gasteiger partial charge in [0.2, 0.25) is 23.6 Å². The Balaban J connectivity index is 1.64. The van der Waals surface area contributed by atoms with Crippen LogP contribution in [0.4, 0.5) is 0 Å². The van der Waals surface area contributed by atoms with E-state index >= 15 is 0 Å². The molecule has 0 bridgehead atoms. The number of aliphatic carboxylic acids is 4. The maximum Gasteiger partial charge on any atom is 0.336 e. The summed E-state index contributed by atoms with van der Waals surface area (Å²) in [5, 5.41) is 41.1. The van der Waals surface area contributed by atoms with Crippen molar-refractivity contribution in [2.75, 3.05) is 58.9 Å². The van der Waals surface area contributed by atoms with Crippen molar-refractivity contribution < 1.29 is 82.8 Å². The summed E-state index contributed by atoms with van der Waals surface area (Å²) in [6.07, 6.45) is 0.338. The number of imide groups is 1. The number of benzene rings is 1. The molecule has 5 N–H and O–H groups in total. The molecule has 1 heterocycles. The number of amides is 7. The van der Waals surface area contributed by atoms with Crippen LogP contribution in [0.1, 0.15) is 67.3 Å². The third-order valence-electron chi connectivity index (χ3n) is 9.67. The van der Waals surface area contributed by atoms with Gasteiger partial charge in [0.05, 0.1) is 5.92 Å². The minimum absolute atomic E-state index is 0.00374. The van der Waals surface area contributed by atoms with Gasteiger partial charge in [0, 0.05) is 37.4 Å². The molecule has 1 aromatic carbocycles. The largest absolute Gasteiger partial charge is 0.480 e. The van der Waals surface area contributed by atoms with Crippen molar-refractivity contribution in [3.8, 4) is 0 Å². The van der Waals surface area contributed by atoms with E-state index in [9.17, 15) is 78.0 Å². The fourth-order valence-electron chi connectivity index (χ4n) is 6.59. The van der Waals surface area contributed by atoms with Gasteiger partial charge in [0.25, 0.3) is 17.7 Å². The number of rotatable bonds is 23. The van der Waals surface area contributed by atoms with Crippen molar-refractivity contribution in [2.45, 2.75) is 58.3 Å². The van der Waals surface area contributed by atoms with E-state index in [1.165, 1.54) is 0 Å². The fraction of sp³-hybridized carbons (Fsp3) is 0.526. The zero-order chi connectivity index (χ0) is 45.4. The highest BCUT2D eigenvalue weighted by atomic mass is 16.7. The summed E-state index contributed by atoms with van der Waals surface area (Å²) in [5.41, 5.74) is 1.30. The molecule has 1 aliphatic carbocycles. The minimum Gasteiger partial charge on any atom is -0.480 e. The molecule has 0 radical (unpaired) electrons. The van der Waals surface area contributed by atoms with E-state index in [-0.39, 0.29) is 63.9 Å². The lowest BCUT2D eigenvalue weighted by atomic mass is 9.81. The van der Waals surface area contributed by atoms with Crippen LogP contribution in [0.3, 0.4) is 0 Å². The average molecular weight is 861 g/mol. The Morgan fingerprint density at radius 1 is 0.639 bits per heavy atom. The number of hydrogen-bond acceptors (Lipinski definition) is 13. The molecule has 0 aromatic heterocycles. The lowest BCUT2D eigenvalue weighted by molar-refractivity contribution is -0.201. The molecule has 332 valence electrons. The summed E-state index contributed by atoms with van der Waals surface area (Å²) < 4.78 is 0. The molecule has 23 nitrogen and oxygen atoms in total. The van der Waals surface area contributed by atoms with E-state index in [4.69, 9.17) is 4.84 Å². The van der Waals surface area contributed by atoms with Crippen LogP contribution >= 0.6 is 0 Å². The standard InChI is InChI=1S/C38H48N6O17/c1-23-5-4-6-26(15-23)36(58)39-13-2-3-14-40(19-32(50)51)29(47)16-41(20-33(52)53)30(48)17-42(21-34(54)55)31(49)18-43(22-35(56)57)37(59)24-7-9-25(10-8-24)38(60)61-44-27(45)11-12-28(44)46/h4-6,15,24-25H,2-3,7-14,16-22H2,1H3,(H,39,58)(H,50,51)(H,52,53)(H,54,55)(H,56,57). The normalized spacial score (nSPS) is 15.9. The molecule has 2 fully saturated rings. The Morgan fingerprint density at radius 2 is 1.10 bits per heavy atom. The van der Waals surface area contributed by atoms with Crippen LogP contribution in [0.15, 0.2) is 24.3 Å². The van der Waals surface area contributed by atoms with Crippen molar-refractivity contribution in [3.05, 3.63) is 35.4 Å². The summed E-state index contributed by atoms with van der Waals surface area (Å²) in [6, 6.07) is 6.84. The van der Waals surface area contributed by atoms with Gasteiger partial charge in [0.15, 0.2) is 0 Å². The van der Waals surface area contributed by atoms with Crippen LogP contribution in [0, 0.1) is 18.8 Å². The van der Waals surface area contributed by atoms with Gasteiger partial charge in [-0.25, -0.2) is 4.79 Å². The van der Waals surface area contributed by atoms with Gasteiger partial charge in [-0.2, -0.15) is 0 Å². The molecule has 1 saturated carbocycles. The van der Waals surface area contributed by atoms with E-state index in [1.54, 1.807) is 18.2 Å². The van der Waals surface area contributed by atoms with Crippen LogP contribution in [0.25, 0.3) is 0 Å². The van der Waals surface area contributed by atoms with Crippen LogP contribution in [-0.4, -0.2) is 175 Å². The molecule has 61 heavy (non-hydrogen) atoms. The first-order valence-electron chi connectivity index (χ1n) is 19.2. The number of carbonyl (C=O) groups is 12. The van der Waals surface area contributed by atoms with E-state index in [0.29, 0.717) is 31.7 Å². The first-order valence-corrected chi connectivity index (χ1v) is 19.2. The molecule has 0 unspecified atom stereocenters. The minimum atomic E-state index is -1.65. The Morgan fingerprint density at radius 3 is 1.61 bits per heavy atom. The number of hydrogen-bond donors (Lipinski definition) is 5. The van der Waals surface area contributed by atoms with E-state index < -0.39 is 123 Å². The topological polar surface area (TPSA) is 323 Å². The zero-order valence-corrected chi connectivity index (χ0v) is 33.3. The van der Waals surface area contributed by atoms with Crippen LogP contribution in [-0.2, 0) is 57.6 Å². The van der Waals surface area contributed by atoms with Gasteiger partial charge in [-0.15, -0.1) is 5.06 Å². The highest BCUT2D eigenvalue weighted by Gasteiger charge is 2.39. The van der Waals surface area contributed by atoms with Crippen molar-refractivity contribution in [2.24, 2.45) is 11.8 Å². The predicted molar refractivity (Wildman–Crippen MR) is 202 cm³/mol. The molecule has 1 aliphatic heterocycles. The van der Waals surface area contributed by atoms with E-state index in [1.807, 2.05) is 13.0 Å². The van der Waals surface area contributed by atoms with Crippen molar-refractivity contribution >= 4 is 71.2 Å². The van der Waals surface area contributed by atoms with Gasteiger partial charge < -0.3 is 50.2 Å².